The first-order chi connectivity index (χ1) is 13.0. The molecule has 0 aromatic heterocycles. The Morgan fingerprint density at radius 3 is 2.46 bits per heavy atom. The summed E-state index contributed by atoms with van der Waals surface area (Å²) in [7, 11) is -0.983. The highest BCUT2D eigenvalue weighted by molar-refractivity contribution is 7.92. The van der Waals surface area contributed by atoms with Crippen LogP contribution in [0.25, 0.3) is 0 Å². The molecule has 2 aromatic rings. The van der Waals surface area contributed by atoms with Crippen LogP contribution in [0.1, 0.15) is 22.8 Å². The van der Waals surface area contributed by atoms with Gasteiger partial charge in [0.2, 0.25) is 0 Å². The number of halogens is 1. The topological polar surface area (TPSA) is 92.8 Å². The van der Waals surface area contributed by atoms with E-state index in [4.69, 9.17) is 4.74 Å². The number of rotatable bonds is 6. The molecular weight excluding hydrogens is 387 g/mol. The molecule has 2 aromatic carbocycles. The van der Waals surface area contributed by atoms with Gasteiger partial charge in [0.15, 0.2) is 6.10 Å². The van der Waals surface area contributed by atoms with Crippen molar-refractivity contribution in [3.05, 3.63) is 59.4 Å². The Bertz CT molecular complexity index is 1010. The Labute approximate surface area is 163 Å². The molecule has 2 rings (SSSR count). The smallest absolute Gasteiger partial charge is 0.338 e. The summed E-state index contributed by atoms with van der Waals surface area (Å²) in [6, 6.07) is 9.07. The van der Waals surface area contributed by atoms with Gasteiger partial charge in [-0.25, -0.2) is 17.6 Å². The molecule has 7 nitrogen and oxygen atoms in total. The van der Waals surface area contributed by atoms with E-state index >= 15 is 0 Å². The van der Waals surface area contributed by atoms with Crippen molar-refractivity contribution in [1.29, 1.82) is 0 Å². The molecule has 0 aliphatic carbocycles. The van der Waals surface area contributed by atoms with Crippen molar-refractivity contribution in [2.75, 3.05) is 18.8 Å². The Morgan fingerprint density at radius 2 is 1.82 bits per heavy atom. The third-order valence-corrected chi connectivity index (χ3v) is 5.39. The summed E-state index contributed by atoms with van der Waals surface area (Å²) in [5, 5.41) is 0. The number of carbonyl (C=O) groups excluding carboxylic acids is 2. The van der Waals surface area contributed by atoms with Crippen molar-refractivity contribution in [2.24, 2.45) is 0 Å². The van der Waals surface area contributed by atoms with E-state index in [1.54, 1.807) is 6.92 Å². The highest BCUT2D eigenvalue weighted by atomic mass is 32.2. The zero-order valence-electron chi connectivity index (χ0n) is 15.9. The predicted molar refractivity (Wildman–Crippen MR) is 102 cm³/mol. The Hall–Kier alpha value is -2.94. The minimum atomic E-state index is -4.06. The molecule has 0 aliphatic rings. The summed E-state index contributed by atoms with van der Waals surface area (Å²) in [6.07, 6.45) is -0.988. The van der Waals surface area contributed by atoms with E-state index < -0.39 is 27.9 Å². The van der Waals surface area contributed by atoms with Crippen LogP contribution < -0.4 is 4.72 Å². The zero-order valence-corrected chi connectivity index (χ0v) is 16.7. The number of amides is 1. The molecule has 0 fully saturated rings. The van der Waals surface area contributed by atoms with Crippen molar-refractivity contribution in [3.63, 3.8) is 0 Å². The van der Waals surface area contributed by atoms with Gasteiger partial charge in [-0.1, -0.05) is 12.1 Å². The first-order valence-corrected chi connectivity index (χ1v) is 9.81. The van der Waals surface area contributed by atoms with E-state index in [0.29, 0.717) is 5.56 Å². The Kier molecular flexibility index (Phi) is 6.40. The van der Waals surface area contributed by atoms with Crippen LogP contribution in [0.3, 0.4) is 0 Å². The van der Waals surface area contributed by atoms with Gasteiger partial charge in [-0.05, 0) is 49.7 Å². The fourth-order valence-electron chi connectivity index (χ4n) is 2.43. The van der Waals surface area contributed by atoms with Crippen LogP contribution in [0.2, 0.25) is 0 Å². The molecule has 0 heterocycles. The fraction of sp³-hybridized carbons (Fsp3) is 0.263. The molecule has 0 saturated heterocycles. The maximum Gasteiger partial charge on any atom is 0.338 e. The second-order valence-corrected chi connectivity index (χ2v) is 8.03. The quantitative estimate of drug-likeness (QED) is 0.742. The Balaban J connectivity index is 2.22. The molecule has 9 heteroatoms. The summed E-state index contributed by atoms with van der Waals surface area (Å²) in [5.41, 5.74) is 0.541. The number of carbonyl (C=O) groups is 2. The van der Waals surface area contributed by atoms with Crippen LogP contribution >= 0.6 is 0 Å². The molecule has 0 bridgehead atoms. The monoisotopic (exact) mass is 408 g/mol. The van der Waals surface area contributed by atoms with Crippen LogP contribution in [0.4, 0.5) is 10.1 Å². The van der Waals surface area contributed by atoms with Gasteiger partial charge in [-0.2, -0.15) is 0 Å². The summed E-state index contributed by atoms with van der Waals surface area (Å²) in [4.78, 5) is 25.1. The van der Waals surface area contributed by atoms with Crippen molar-refractivity contribution < 1.29 is 27.1 Å². The van der Waals surface area contributed by atoms with Crippen LogP contribution in [-0.4, -0.2) is 45.4 Å². The van der Waals surface area contributed by atoms with E-state index in [2.05, 4.69) is 4.72 Å². The lowest BCUT2D eigenvalue weighted by atomic mass is 10.2. The van der Waals surface area contributed by atoms with Crippen LogP contribution in [0.15, 0.2) is 47.4 Å². The fourth-order valence-corrected chi connectivity index (χ4v) is 3.73. The number of benzene rings is 2. The molecule has 0 saturated carbocycles. The number of esters is 1. The number of nitrogens with one attached hydrogen (secondary N) is 1. The number of sulfonamides is 1. The summed E-state index contributed by atoms with van der Waals surface area (Å²) >= 11 is 0. The average molecular weight is 408 g/mol. The van der Waals surface area contributed by atoms with E-state index in [1.165, 1.54) is 62.3 Å². The lowest BCUT2D eigenvalue weighted by Crippen LogP contribution is -2.34. The molecule has 150 valence electrons. The standard InChI is InChI=1S/C19H21FN2O5S/c1-12-8-9-15(20)11-17(12)28(25,26)21-16-7-5-6-14(10-16)19(24)27-13(2)18(23)22(3)4/h5-11,13,21H,1-4H3/t13-/m0/s1. The van der Waals surface area contributed by atoms with Crippen LogP contribution in [0, 0.1) is 12.7 Å². The normalized spacial score (nSPS) is 12.2. The van der Waals surface area contributed by atoms with Crippen LogP contribution in [0.5, 0.6) is 0 Å². The second kappa shape index (κ2) is 8.39. The van der Waals surface area contributed by atoms with E-state index in [0.717, 1.165) is 6.07 Å². The number of hydrogen-bond donors (Lipinski definition) is 1. The third kappa shape index (κ3) is 5.07. The van der Waals surface area contributed by atoms with Gasteiger partial charge in [-0.15, -0.1) is 0 Å². The maximum absolute atomic E-state index is 13.4. The number of nitrogens with zero attached hydrogens (tertiary/aromatic N) is 1. The number of likely N-dealkylation sites (N-methyl/N-ethyl adjacent to an activating group) is 1. The number of hydrogen-bond acceptors (Lipinski definition) is 5. The molecule has 0 radical (unpaired) electrons. The van der Waals surface area contributed by atoms with Gasteiger partial charge in [0.1, 0.15) is 5.82 Å². The maximum atomic E-state index is 13.4. The number of ether oxygens (including phenoxy) is 1. The van der Waals surface area contributed by atoms with Crippen LogP contribution in [-0.2, 0) is 19.6 Å². The molecule has 1 amide bonds. The first-order valence-electron chi connectivity index (χ1n) is 8.32. The molecule has 1 N–H and O–H groups in total. The largest absolute Gasteiger partial charge is 0.449 e. The van der Waals surface area contributed by atoms with E-state index in [9.17, 15) is 22.4 Å². The molecule has 0 aliphatic heterocycles. The van der Waals surface area contributed by atoms with Gasteiger partial charge >= 0.3 is 5.97 Å². The molecule has 1 atom stereocenters. The van der Waals surface area contributed by atoms with Crippen molar-refractivity contribution in [1.82, 2.24) is 4.90 Å². The predicted octanol–water partition coefficient (Wildman–Crippen LogP) is 2.57. The Morgan fingerprint density at radius 1 is 1.14 bits per heavy atom. The van der Waals surface area contributed by atoms with E-state index in [1.807, 2.05) is 0 Å². The molecule has 28 heavy (non-hydrogen) atoms. The lowest BCUT2D eigenvalue weighted by molar-refractivity contribution is -0.137. The number of anilines is 1. The second-order valence-electron chi connectivity index (χ2n) is 6.38. The average Bonchev–Trinajstić information content (AvgIpc) is 2.62. The molecule has 0 spiro atoms. The minimum absolute atomic E-state index is 0.0644. The lowest BCUT2D eigenvalue weighted by Gasteiger charge is -2.17. The summed E-state index contributed by atoms with van der Waals surface area (Å²) < 4.78 is 46.0. The zero-order chi connectivity index (χ0) is 21.1. The van der Waals surface area contributed by atoms with Gasteiger partial charge in [0, 0.05) is 19.8 Å². The van der Waals surface area contributed by atoms with Gasteiger partial charge < -0.3 is 9.64 Å². The van der Waals surface area contributed by atoms with Gasteiger partial charge in [-0.3, -0.25) is 9.52 Å². The molecule has 0 unspecified atom stereocenters. The summed E-state index contributed by atoms with van der Waals surface area (Å²) in [5.74, 6) is -1.83. The van der Waals surface area contributed by atoms with Crippen molar-refractivity contribution >= 4 is 27.6 Å². The summed E-state index contributed by atoms with van der Waals surface area (Å²) in [6.45, 7) is 2.99. The highest BCUT2D eigenvalue weighted by Crippen LogP contribution is 2.21. The van der Waals surface area contributed by atoms with Crippen molar-refractivity contribution in [2.45, 2.75) is 24.8 Å². The van der Waals surface area contributed by atoms with Crippen molar-refractivity contribution in [3.8, 4) is 0 Å². The minimum Gasteiger partial charge on any atom is -0.449 e. The SMILES string of the molecule is Cc1ccc(F)cc1S(=O)(=O)Nc1cccc(C(=O)O[C@@H](C)C(=O)N(C)C)c1. The number of aryl methyl sites for hydroxylation is 1. The van der Waals surface area contributed by atoms with Gasteiger partial charge in [0.05, 0.1) is 10.5 Å². The van der Waals surface area contributed by atoms with Gasteiger partial charge in [0.25, 0.3) is 15.9 Å². The van der Waals surface area contributed by atoms with E-state index in [-0.39, 0.29) is 22.1 Å². The highest BCUT2D eigenvalue weighted by Gasteiger charge is 2.22. The molecular formula is C19H21FN2O5S. The first kappa shape index (κ1) is 21.4. The third-order valence-electron chi connectivity index (χ3n) is 3.86.